The highest BCUT2D eigenvalue weighted by Gasteiger charge is 2.20. The molecule has 5 heteroatoms. The smallest absolute Gasteiger partial charge is 0.281 e. The molecule has 0 saturated carbocycles. The average Bonchev–Trinajstić information content (AvgIpc) is 1.62. The van der Waals surface area contributed by atoms with Gasteiger partial charge in [-0.1, -0.05) is 13.8 Å². The number of hydrogen-bond donors (Lipinski definition) is 2. The molecule has 0 spiro atoms. The van der Waals surface area contributed by atoms with Crippen LogP contribution in [-0.2, 0) is 10.1 Å². The molecule has 0 fully saturated rings. The summed E-state index contributed by atoms with van der Waals surface area (Å²) in [5, 5.41) is -1.16. The molecule has 0 aliphatic rings. The monoisotopic (exact) mass is 153 g/mol. The van der Waals surface area contributed by atoms with E-state index in [4.69, 9.17) is 10.3 Å². The van der Waals surface area contributed by atoms with E-state index in [2.05, 4.69) is 0 Å². The molecule has 0 aliphatic carbocycles. The summed E-state index contributed by atoms with van der Waals surface area (Å²) >= 11 is 0. The molecule has 0 amide bonds. The quantitative estimate of drug-likeness (QED) is 0.539. The van der Waals surface area contributed by atoms with Gasteiger partial charge in [0.25, 0.3) is 10.1 Å². The molecule has 0 heterocycles. The van der Waals surface area contributed by atoms with E-state index in [1.165, 1.54) is 0 Å². The van der Waals surface area contributed by atoms with Crippen LogP contribution in [0, 0.1) is 5.92 Å². The Kier molecular flexibility index (Phi) is 2.60. The summed E-state index contributed by atoms with van der Waals surface area (Å²) in [4.78, 5) is 0. The molecule has 4 nitrogen and oxygen atoms in total. The van der Waals surface area contributed by atoms with E-state index in [1.807, 2.05) is 0 Å². The maximum atomic E-state index is 10.2. The van der Waals surface area contributed by atoms with Crippen molar-refractivity contribution in [2.24, 2.45) is 11.7 Å². The van der Waals surface area contributed by atoms with Crippen molar-refractivity contribution < 1.29 is 13.0 Å². The molecule has 0 aromatic heterocycles. The van der Waals surface area contributed by atoms with Gasteiger partial charge in [-0.3, -0.25) is 4.55 Å². The van der Waals surface area contributed by atoms with Gasteiger partial charge in [-0.05, 0) is 5.92 Å². The lowest BCUT2D eigenvalue weighted by Gasteiger charge is -2.10. The fourth-order valence-corrected chi connectivity index (χ4v) is 1.03. The molecule has 9 heavy (non-hydrogen) atoms. The zero-order chi connectivity index (χ0) is 7.65. The maximum Gasteiger partial charge on any atom is 0.281 e. The Bertz CT molecular complexity index is 172. The molecule has 0 aromatic carbocycles. The lowest BCUT2D eigenvalue weighted by atomic mass is 10.2. The Hall–Kier alpha value is -0.130. The predicted octanol–water partition coefficient (Wildman–Crippen LogP) is -0.185. The van der Waals surface area contributed by atoms with E-state index in [9.17, 15) is 8.42 Å². The van der Waals surface area contributed by atoms with E-state index >= 15 is 0 Å². The largest absolute Gasteiger partial charge is 0.313 e. The molecule has 0 bridgehead atoms. The molecular weight excluding hydrogens is 142 g/mol. The standard InChI is InChI=1S/C4H11NO3S/c1-3(2)4(5)9(6,7)8/h3-4H,5H2,1-2H3,(H,6,7,8)/t4-/m1/s1. The van der Waals surface area contributed by atoms with Crippen LogP contribution in [0.25, 0.3) is 0 Å². The lowest BCUT2D eigenvalue weighted by Crippen LogP contribution is -2.34. The highest BCUT2D eigenvalue weighted by Crippen LogP contribution is 2.03. The first-order valence-corrected chi connectivity index (χ1v) is 4.08. The third-order valence-electron chi connectivity index (χ3n) is 1.00. The van der Waals surface area contributed by atoms with Gasteiger partial charge >= 0.3 is 0 Å². The zero-order valence-corrected chi connectivity index (χ0v) is 6.22. The van der Waals surface area contributed by atoms with Gasteiger partial charge in [-0.2, -0.15) is 8.42 Å². The molecule has 0 aromatic rings. The molecule has 0 unspecified atom stereocenters. The summed E-state index contributed by atoms with van der Waals surface area (Å²) in [6, 6.07) is 0. The van der Waals surface area contributed by atoms with Crippen molar-refractivity contribution >= 4 is 10.1 Å². The summed E-state index contributed by atoms with van der Waals surface area (Å²) in [6.45, 7) is 3.25. The molecule has 56 valence electrons. The summed E-state index contributed by atoms with van der Waals surface area (Å²) in [5.74, 6) is -0.250. The van der Waals surface area contributed by atoms with Crippen molar-refractivity contribution in [3.05, 3.63) is 0 Å². The first kappa shape index (κ1) is 8.87. The van der Waals surface area contributed by atoms with Crippen molar-refractivity contribution in [1.29, 1.82) is 0 Å². The number of hydrogen-bond acceptors (Lipinski definition) is 3. The van der Waals surface area contributed by atoms with Crippen LogP contribution in [0.5, 0.6) is 0 Å². The first-order chi connectivity index (χ1) is 3.85. The molecule has 0 aliphatic heterocycles. The van der Waals surface area contributed by atoms with Crippen LogP contribution in [0.4, 0.5) is 0 Å². The van der Waals surface area contributed by atoms with Crippen molar-refractivity contribution in [2.75, 3.05) is 0 Å². The normalized spacial score (nSPS) is 16.1. The van der Waals surface area contributed by atoms with Crippen LogP contribution in [0.15, 0.2) is 0 Å². The first-order valence-electron chi connectivity index (χ1n) is 2.57. The van der Waals surface area contributed by atoms with Gasteiger partial charge < -0.3 is 5.73 Å². The summed E-state index contributed by atoms with van der Waals surface area (Å²) in [5.41, 5.74) is 5.06. The highest BCUT2D eigenvalue weighted by molar-refractivity contribution is 7.86. The Balaban J connectivity index is 4.24. The van der Waals surface area contributed by atoms with E-state index in [-0.39, 0.29) is 5.92 Å². The molecule has 0 rings (SSSR count). The lowest BCUT2D eigenvalue weighted by molar-refractivity contribution is 0.444. The zero-order valence-electron chi connectivity index (χ0n) is 5.40. The fourth-order valence-electron chi connectivity index (χ4n) is 0.344. The molecule has 0 saturated heterocycles. The van der Waals surface area contributed by atoms with Crippen LogP contribution in [0.3, 0.4) is 0 Å². The molecular formula is C4H11NO3S. The average molecular weight is 153 g/mol. The van der Waals surface area contributed by atoms with Gasteiger partial charge in [-0.25, -0.2) is 0 Å². The third kappa shape index (κ3) is 2.78. The van der Waals surface area contributed by atoms with Crippen LogP contribution in [-0.4, -0.2) is 18.3 Å². The minimum atomic E-state index is -4.02. The minimum absolute atomic E-state index is 0.250. The van der Waals surface area contributed by atoms with E-state index in [0.717, 1.165) is 0 Å². The Morgan fingerprint density at radius 1 is 1.44 bits per heavy atom. The molecule has 0 radical (unpaired) electrons. The SMILES string of the molecule is CC(C)[C@H](N)S(=O)(=O)O. The van der Waals surface area contributed by atoms with Crippen molar-refractivity contribution in [1.82, 2.24) is 0 Å². The van der Waals surface area contributed by atoms with E-state index in [0.29, 0.717) is 0 Å². The summed E-state index contributed by atoms with van der Waals surface area (Å²) < 4.78 is 28.7. The molecule has 1 atom stereocenters. The topological polar surface area (TPSA) is 80.4 Å². The molecule has 3 N–H and O–H groups in total. The van der Waals surface area contributed by atoms with Gasteiger partial charge in [0.2, 0.25) is 0 Å². The van der Waals surface area contributed by atoms with Crippen molar-refractivity contribution in [3.8, 4) is 0 Å². The Morgan fingerprint density at radius 3 is 1.78 bits per heavy atom. The summed E-state index contributed by atoms with van der Waals surface area (Å²) in [7, 11) is -4.02. The van der Waals surface area contributed by atoms with Crippen molar-refractivity contribution in [2.45, 2.75) is 19.2 Å². The van der Waals surface area contributed by atoms with Gasteiger partial charge in [0.1, 0.15) is 5.37 Å². The van der Waals surface area contributed by atoms with Gasteiger partial charge in [0.15, 0.2) is 0 Å². The highest BCUT2D eigenvalue weighted by atomic mass is 32.2. The Morgan fingerprint density at radius 2 is 1.78 bits per heavy atom. The van der Waals surface area contributed by atoms with Gasteiger partial charge in [-0.15, -0.1) is 0 Å². The number of nitrogens with two attached hydrogens (primary N) is 1. The predicted molar refractivity (Wildman–Crippen MR) is 34.4 cm³/mol. The maximum absolute atomic E-state index is 10.2. The van der Waals surface area contributed by atoms with Crippen LogP contribution < -0.4 is 5.73 Å². The van der Waals surface area contributed by atoms with Crippen LogP contribution in [0.2, 0.25) is 0 Å². The number of rotatable bonds is 2. The van der Waals surface area contributed by atoms with E-state index in [1.54, 1.807) is 13.8 Å². The van der Waals surface area contributed by atoms with Crippen LogP contribution >= 0.6 is 0 Å². The van der Waals surface area contributed by atoms with Crippen molar-refractivity contribution in [3.63, 3.8) is 0 Å². The fraction of sp³-hybridized carbons (Fsp3) is 1.00. The van der Waals surface area contributed by atoms with Crippen LogP contribution in [0.1, 0.15) is 13.8 Å². The minimum Gasteiger partial charge on any atom is -0.313 e. The second-order valence-corrected chi connectivity index (χ2v) is 3.80. The second-order valence-electron chi connectivity index (χ2n) is 2.22. The van der Waals surface area contributed by atoms with E-state index < -0.39 is 15.5 Å². The van der Waals surface area contributed by atoms with Gasteiger partial charge in [0, 0.05) is 0 Å². The Labute approximate surface area is 54.8 Å². The third-order valence-corrected chi connectivity index (χ3v) is 2.23. The van der Waals surface area contributed by atoms with Gasteiger partial charge in [0.05, 0.1) is 0 Å². The summed E-state index contributed by atoms with van der Waals surface area (Å²) in [6.07, 6.45) is 0. The second kappa shape index (κ2) is 2.64.